The summed E-state index contributed by atoms with van der Waals surface area (Å²) in [4.78, 5) is 30.0. The summed E-state index contributed by atoms with van der Waals surface area (Å²) in [5.74, 6) is -2.72. The Labute approximate surface area is 262 Å². The second kappa shape index (κ2) is 13.4. The molecule has 0 aromatic heterocycles. The molecule has 1 aliphatic heterocycles. The maximum Gasteiger partial charge on any atom is 0.422 e. The van der Waals surface area contributed by atoms with Crippen molar-refractivity contribution in [1.29, 1.82) is 0 Å². The van der Waals surface area contributed by atoms with Crippen molar-refractivity contribution in [3.8, 4) is 16.9 Å². The number of ketones is 1. The highest BCUT2D eigenvalue weighted by Gasteiger charge is 2.41. The zero-order valence-electron chi connectivity index (χ0n) is 25.2. The van der Waals surface area contributed by atoms with E-state index < -0.39 is 49.3 Å². The quantitative estimate of drug-likeness (QED) is 0.179. The average molecular weight is 648 g/mol. The van der Waals surface area contributed by atoms with Gasteiger partial charge in [-0.25, -0.2) is 0 Å². The van der Waals surface area contributed by atoms with Gasteiger partial charge in [0.05, 0.1) is 23.3 Å². The van der Waals surface area contributed by atoms with Gasteiger partial charge in [0.2, 0.25) is 5.91 Å². The van der Waals surface area contributed by atoms with E-state index in [1.54, 1.807) is 30.3 Å². The lowest BCUT2D eigenvalue weighted by Crippen LogP contribution is -2.47. The number of anilines is 1. The van der Waals surface area contributed by atoms with Crippen LogP contribution in [0.2, 0.25) is 0 Å². The molecule has 46 heavy (non-hydrogen) atoms. The van der Waals surface area contributed by atoms with Gasteiger partial charge < -0.3 is 20.7 Å². The number of hydrogen-bond donors (Lipinski definition) is 2. The number of benzene rings is 3. The molecule has 1 heterocycles. The third-order valence-electron chi connectivity index (χ3n) is 8.41. The van der Waals surface area contributed by atoms with Crippen LogP contribution in [0.4, 0.5) is 32.0 Å². The van der Waals surface area contributed by atoms with E-state index in [0.717, 1.165) is 19.3 Å². The van der Waals surface area contributed by atoms with Crippen LogP contribution in [0.15, 0.2) is 54.6 Å². The molecule has 2 unspecified atom stereocenters. The van der Waals surface area contributed by atoms with Gasteiger partial charge in [-0.3, -0.25) is 9.59 Å². The van der Waals surface area contributed by atoms with Crippen molar-refractivity contribution in [2.75, 3.05) is 24.6 Å². The first-order chi connectivity index (χ1) is 21.8. The van der Waals surface area contributed by atoms with Gasteiger partial charge in [0.1, 0.15) is 12.3 Å². The molecule has 12 heteroatoms. The molecule has 5 rings (SSSR count). The van der Waals surface area contributed by atoms with Crippen molar-refractivity contribution in [3.63, 3.8) is 0 Å². The van der Waals surface area contributed by atoms with Gasteiger partial charge in [-0.1, -0.05) is 49.7 Å². The number of alkyl halides is 6. The summed E-state index contributed by atoms with van der Waals surface area (Å²) in [6.45, 7) is -0.643. The number of ether oxygens (including phenoxy) is 1. The van der Waals surface area contributed by atoms with E-state index in [4.69, 9.17) is 10.5 Å². The number of carbonyl (C=O) groups excluding carboxylic acids is 2. The highest BCUT2D eigenvalue weighted by molar-refractivity contribution is 6.16. The molecule has 3 aromatic carbocycles. The van der Waals surface area contributed by atoms with Gasteiger partial charge in [-0.05, 0) is 78.1 Å². The zero-order valence-corrected chi connectivity index (χ0v) is 25.2. The van der Waals surface area contributed by atoms with Crippen LogP contribution in [0, 0.1) is 0 Å². The lowest BCUT2D eigenvalue weighted by Gasteiger charge is -2.38. The summed E-state index contributed by atoms with van der Waals surface area (Å²) in [6.07, 6.45) is -5.77. The van der Waals surface area contributed by atoms with Gasteiger partial charge in [0, 0.05) is 12.1 Å². The van der Waals surface area contributed by atoms with Gasteiger partial charge in [0.15, 0.2) is 12.4 Å². The van der Waals surface area contributed by atoms with Crippen LogP contribution in [0.5, 0.6) is 5.75 Å². The highest BCUT2D eigenvalue weighted by Crippen LogP contribution is 2.51. The van der Waals surface area contributed by atoms with Crippen LogP contribution >= 0.6 is 0 Å². The van der Waals surface area contributed by atoms with E-state index in [9.17, 15) is 35.9 Å². The summed E-state index contributed by atoms with van der Waals surface area (Å²) in [6, 6.07) is 14.2. The number of para-hydroxylation sites is 1. The third kappa shape index (κ3) is 7.01. The Balaban J connectivity index is 1.76. The Kier molecular flexibility index (Phi) is 9.67. The number of carbonyl (C=O) groups is 2. The van der Waals surface area contributed by atoms with Crippen LogP contribution < -0.4 is 20.7 Å². The number of rotatable bonds is 10. The van der Waals surface area contributed by atoms with Gasteiger partial charge in [-0.15, -0.1) is 0 Å². The molecule has 2 atom stereocenters. The molecule has 1 aliphatic carbocycles. The maximum atomic E-state index is 14.5. The van der Waals surface area contributed by atoms with E-state index in [-0.39, 0.29) is 16.9 Å². The SMILES string of the molecule is CCCCc1c2c(cc(C(=O)c3ccccc3OCC(F)(F)F)c1N1CCCCC1N)-c1ccccc1C2C(=O)NCC(F)(F)F. The van der Waals surface area contributed by atoms with Crippen LogP contribution in [0.3, 0.4) is 0 Å². The van der Waals surface area contributed by atoms with Crippen molar-refractivity contribution in [2.45, 2.75) is 69.9 Å². The second-order valence-electron chi connectivity index (χ2n) is 11.7. The summed E-state index contributed by atoms with van der Waals surface area (Å²) in [5, 5.41) is 2.06. The number of fused-ring (bicyclic) bond motifs is 3. The van der Waals surface area contributed by atoms with Crippen molar-refractivity contribution in [2.24, 2.45) is 5.73 Å². The standard InChI is InChI=1S/C34H35F6N3O3/c1-2-3-10-23-28-24(20-11-4-5-12-21(20)29(28)32(45)42-18-33(35,36)37)17-25(30(23)43-16-9-8-15-27(43)41)31(44)22-13-6-7-14-26(22)46-19-34(38,39)40/h4-7,11-14,17,27,29H,2-3,8-10,15-16,18-19,41H2,1H3,(H,42,45). The van der Waals surface area contributed by atoms with Gasteiger partial charge in [0.25, 0.3) is 0 Å². The van der Waals surface area contributed by atoms with E-state index in [2.05, 4.69) is 5.32 Å². The van der Waals surface area contributed by atoms with Crippen molar-refractivity contribution < 1.29 is 40.7 Å². The highest BCUT2D eigenvalue weighted by atomic mass is 19.4. The number of nitrogens with one attached hydrogen (secondary N) is 1. The molecule has 0 spiro atoms. The van der Waals surface area contributed by atoms with E-state index in [0.29, 0.717) is 59.3 Å². The lowest BCUT2D eigenvalue weighted by molar-refractivity contribution is -0.153. The van der Waals surface area contributed by atoms with Crippen molar-refractivity contribution in [3.05, 3.63) is 82.4 Å². The Morgan fingerprint density at radius 1 is 0.957 bits per heavy atom. The fourth-order valence-corrected chi connectivity index (χ4v) is 6.43. The number of halogens is 6. The minimum atomic E-state index is -4.63. The summed E-state index contributed by atoms with van der Waals surface area (Å²) >= 11 is 0. The fraction of sp³-hybridized carbons (Fsp3) is 0.412. The number of nitrogens with zero attached hydrogens (tertiary/aromatic N) is 1. The van der Waals surface area contributed by atoms with E-state index in [1.807, 2.05) is 11.8 Å². The largest absolute Gasteiger partial charge is 0.483 e. The predicted octanol–water partition coefficient (Wildman–Crippen LogP) is 7.27. The number of nitrogens with two attached hydrogens (primary N) is 1. The smallest absolute Gasteiger partial charge is 0.422 e. The van der Waals surface area contributed by atoms with Gasteiger partial charge in [-0.2, -0.15) is 26.3 Å². The molecule has 1 amide bonds. The van der Waals surface area contributed by atoms with E-state index >= 15 is 0 Å². The van der Waals surface area contributed by atoms with Crippen LogP contribution in [0.1, 0.15) is 77.6 Å². The number of piperidine rings is 1. The van der Waals surface area contributed by atoms with Crippen LogP contribution in [-0.2, 0) is 11.2 Å². The normalized spacial score (nSPS) is 17.8. The zero-order chi connectivity index (χ0) is 33.2. The third-order valence-corrected chi connectivity index (χ3v) is 8.41. The predicted molar refractivity (Wildman–Crippen MR) is 162 cm³/mol. The summed E-state index contributed by atoms with van der Waals surface area (Å²) < 4.78 is 84.0. The lowest BCUT2D eigenvalue weighted by atomic mass is 9.84. The van der Waals surface area contributed by atoms with Crippen molar-refractivity contribution in [1.82, 2.24) is 5.32 Å². The first kappa shape index (κ1) is 33.3. The second-order valence-corrected chi connectivity index (χ2v) is 11.7. The molecule has 6 nitrogen and oxygen atoms in total. The number of unbranched alkanes of at least 4 members (excludes halogenated alkanes) is 1. The summed E-state index contributed by atoms with van der Waals surface area (Å²) in [7, 11) is 0. The van der Waals surface area contributed by atoms with Crippen LogP contribution in [-0.4, -0.2) is 49.9 Å². The topological polar surface area (TPSA) is 84.7 Å². The Hall–Kier alpha value is -4.06. The van der Waals surface area contributed by atoms with E-state index in [1.165, 1.54) is 24.3 Å². The molecule has 3 N–H and O–H groups in total. The van der Waals surface area contributed by atoms with Crippen molar-refractivity contribution >= 4 is 17.4 Å². The molecule has 0 saturated carbocycles. The first-order valence-electron chi connectivity index (χ1n) is 15.3. The molecule has 1 fully saturated rings. The fourth-order valence-electron chi connectivity index (χ4n) is 6.43. The molecule has 0 radical (unpaired) electrons. The Bertz CT molecular complexity index is 1600. The Morgan fingerprint density at radius 3 is 2.37 bits per heavy atom. The average Bonchev–Trinajstić information content (AvgIpc) is 3.35. The molecule has 1 saturated heterocycles. The number of hydrogen-bond acceptors (Lipinski definition) is 5. The molecular weight excluding hydrogens is 612 g/mol. The molecule has 246 valence electrons. The Morgan fingerprint density at radius 2 is 1.67 bits per heavy atom. The monoisotopic (exact) mass is 647 g/mol. The molecule has 3 aromatic rings. The minimum absolute atomic E-state index is 0.0780. The van der Waals surface area contributed by atoms with Crippen LogP contribution in [0.25, 0.3) is 11.1 Å². The first-order valence-corrected chi connectivity index (χ1v) is 15.3. The minimum Gasteiger partial charge on any atom is -0.483 e. The number of amides is 1. The molecule has 0 bridgehead atoms. The van der Waals surface area contributed by atoms with Gasteiger partial charge >= 0.3 is 12.4 Å². The molecule has 2 aliphatic rings. The molecular formula is C34H35F6N3O3. The summed E-state index contributed by atoms with van der Waals surface area (Å²) in [5.41, 5.74) is 9.92. The maximum absolute atomic E-state index is 14.5.